The normalized spacial score (nSPS) is 14.9. The highest BCUT2D eigenvalue weighted by atomic mass is 16.5. The van der Waals surface area contributed by atoms with Crippen LogP contribution < -0.4 is 0 Å². The van der Waals surface area contributed by atoms with Gasteiger partial charge < -0.3 is 9.47 Å². The van der Waals surface area contributed by atoms with Crippen molar-refractivity contribution >= 4 is 0 Å². The lowest BCUT2D eigenvalue weighted by atomic mass is 9.91. The van der Waals surface area contributed by atoms with Crippen molar-refractivity contribution in [2.45, 2.75) is 52.2 Å². The minimum absolute atomic E-state index is 0.0127. The third kappa shape index (κ3) is 7.62. The maximum absolute atomic E-state index is 6.13. The number of hydrogen-bond donors (Lipinski definition) is 0. The maximum Gasteiger partial charge on any atom is 0.0903 e. The lowest BCUT2D eigenvalue weighted by molar-refractivity contribution is -0.0768. The molecule has 0 aliphatic carbocycles. The highest BCUT2D eigenvalue weighted by Gasteiger charge is 2.26. The van der Waals surface area contributed by atoms with E-state index < -0.39 is 0 Å². The Bertz CT molecular complexity index is 452. The molecule has 0 fully saturated rings. The van der Waals surface area contributed by atoms with E-state index in [2.05, 4.69) is 51.3 Å². The summed E-state index contributed by atoms with van der Waals surface area (Å²) >= 11 is 0. The second-order valence-electron chi connectivity index (χ2n) is 6.25. The van der Waals surface area contributed by atoms with Crippen LogP contribution in [0.3, 0.4) is 0 Å². The molecule has 23 heavy (non-hydrogen) atoms. The Morgan fingerprint density at radius 3 is 2.48 bits per heavy atom. The molecule has 1 rings (SSSR count). The molecule has 0 aromatic heterocycles. The highest BCUT2D eigenvalue weighted by molar-refractivity contribution is 5.16. The van der Waals surface area contributed by atoms with E-state index in [9.17, 15) is 0 Å². The summed E-state index contributed by atoms with van der Waals surface area (Å²) in [6.45, 7) is 15.6. The second-order valence-corrected chi connectivity index (χ2v) is 6.25. The SMILES string of the molecule is C=C[C@H](Cc1ccccc1)[C@@H](OCC(=C)C)[C@H](C)OCCCC. The lowest BCUT2D eigenvalue weighted by Crippen LogP contribution is -2.37. The number of rotatable bonds is 12. The third-order valence-corrected chi connectivity index (χ3v) is 3.90. The molecule has 2 nitrogen and oxygen atoms in total. The zero-order valence-corrected chi connectivity index (χ0v) is 15.0. The van der Waals surface area contributed by atoms with Gasteiger partial charge in [0.2, 0.25) is 0 Å². The van der Waals surface area contributed by atoms with Crippen LogP contribution in [0.1, 0.15) is 39.2 Å². The molecule has 0 unspecified atom stereocenters. The van der Waals surface area contributed by atoms with Gasteiger partial charge in [-0.25, -0.2) is 0 Å². The first-order chi connectivity index (χ1) is 11.1. The van der Waals surface area contributed by atoms with Crippen molar-refractivity contribution in [2.75, 3.05) is 13.2 Å². The summed E-state index contributed by atoms with van der Waals surface area (Å²) in [7, 11) is 0. The van der Waals surface area contributed by atoms with E-state index >= 15 is 0 Å². The van der Waals surface area contributed by atoms with Gasteiger partial charge in [0.25, 0.3) is 0 Å². The molecule has 1 aromatic rings. The Labute approximate surface area is 142 Å². The lowest BCUT2D eigenvalue weighted by Gasteiger charge is -2.30. The van der Waals surface area contributed by atoms with Crippen molar-refractivity contribution < 1.29 is 9.47 Å². The molecule has 0 amide bonds. The molecule has 3 atom stereocenters. The van der Waals surface area contributed by atoms with Gasteiger partial charge in [-0.3, -0.25) is 0 Å². The predicted octanol–water partition coefficient (Wildman–Crippen LogP) is 5.20. The van der Waals surface area contributed by atoms with Crippen molar-refractivity contribution in [1.29, 1.82) is 0 Å². The van der Waals surface area contributed by atoms with Crippen LogP contribution in [0.25, 0.3) is 0 Å². The van der Waals surface area contributed by atoms with Gasteiger partial charge in [0, 0.05) is 12.5 Å². The topological polar surface area (TPSA) is 18.5 Å². The van der Waals surface area contributed by atoms with Crippen LogP contribution in [0.15, 0.2) is 55.1 Å². The summed E-state index contributed by atoms with van der Waals surface area (Å²) < 4.78 is 12.1. The summed E-state index contributed by atoms with van der Waals surface area (Å²) in [4.78, 5) is 0. The molecule has 0 aliphatic rings. The van der Waals surface area contributed by atoms with Crippen LogP contribution in [0.5, 0.6) is 0 Å². The minimum atomic E-state index is -0.0127. The zero-order valence-electron chi connectivity index (χ0n) is 15.0. The Balaban J connectivity index is 2.76. The van der Waals surface area contributed by atoms with E-state index in [0.29, 0.717) is 6.61 Å². The first-order valence-electron chi connectivity index (χ1n) is 8.62. The second kappa shape index (κ2) is 11.2. The van der Waals surface area contributed by atoms with E-state index in [4.69, 9.17) is 9.47 Å². The summed E-state index contributed by atoms with van der Waals surface area (Å²) in [6, 6.07) is 10.5. The van der Waals surface area contributed by atoms with Crippen LogP contribution in [0.2, 0.25) is 0 Å². The first kappa shape index (κ1) is 19.7. The number of benzene rings is 1. The number of hydrogen-bond acceptors (Lipinski definition) is 2. The Morgan fingerprint density at radius 2 is 1.91 bits per heavy atom. The third-order valence-electron chi connectivity index (χ3n) is 3.90. The van der Waals surface area contributed by atoms with Gasteiger partial charge in [0.1, 0.15) is 0 Å². The molecule has 1 aromatic carbocycles. The van der Waals surface area contributed by atoms with Crippen molar-refractivity contribution in [3.63, 3.8) is 0 Å². The molecule has 0 bridgehead atoms. The summed E-state index contributed by atoms with van der Waals surface area (Å²) in [6.07, 6.45) is 5.14. The highest BCUT2D eigenvalue weighted by Crippen LogP contribution is 2.21. The van der Waals surface area contributed by atoms with Gasteiger partial charge in [-0.15, -0.1) is 6.58 Å². The van der Waals surface area contributed by atoms with Crippen molar-refractivity contribution in [2.24, 2.45) is 5.92 Å². The Morgan fingerprint density at radius 1 is 1.22 bits per heavy atom. The number of ether oxygens (including phenoxy) is 2. The van der Waals surface area contributed by atoms with E-state index in [1.165, 1.54) is 5.56 Å². The standard InChI is InChI=1S/C21H32O2/c1-6-8-14-22-18(5)21(23-16-17(3)4)20(7-2)15-19-12-10-9-11-13-19/h7,9-13,18,20-21H,2-3,6,8,14-16H2,1,4-5H3/t18-,20+,21-/m0/s1. The van der Waals surface area contributed by atoms with Crippen molar-refractivity contribution in [3.8, 4) is 0 Å². The van der Waals surface area contributed by atoms with Crippen LogP contribution in [0.4, 0.5) is 0 Å². The quantitative estimate of drug-likeness (QED) is 0.390. The average molecular weight is 316 g/mol. The van der Waals surface area contributed by atoms with E-state index in [0.717, 1.165) is 31.4 Å². The maximum atomic E-state index is 6.13. The van der Waals surface area contributed by atoms with Gasteiger partial charge >= 0.3 is 0 Å². The fraction of sp³-hybridized carbons (Fsp3) is 0.524. The molecule has 0 aliphatic heterocycles. The van der Waals surface area contributed by atoms with Crippen LogP contribution in [-0.4, -0.2) is 25.4 Å². The molecule has 0 radical (unpaired) electrons. The van der Waals surface area contributed by atoms with Crippen molar-refractivity contribution in [3.05, 3.63) is 60.7 Å². The fourth-order valence-electron chi connectivity index (χ4n) is 2.57. The molecular formula is C21H32O2. The average Bonchev–Trinajstić information content (AvgIpc) is 2.54. The Hall–Kier alpha value is -1.38. The van der Waals surface area contributed by atoms with Gasteiger partial charge in [0.15, 0.2) is 0 Å². The number of unbranched alkanes of at least 4 members (excludes halogenated alkanes) is 1. The van der Waals surface area contributed by atoms with Gasteiger partial charge in [-0.05, 0) is 32.3 Å². The molecule has 2 heteroatoms. The summed E-state index contributed by atoms with van der Waals surface area (Å²) in [5.74, 6) is 0.216. The van der Waals surface area contributed by atoms with Crippen LogP contribution >= 0.6 is 0 Å². The molecule has 0 saturated heterocycles. The van der Waals surface area contributed by atoms with Crippen LogP contribution in [-0.2, 0) is 15.9 Å². The molecule has 0 heterocycles. The van der Waals surface area contributed by atoms with Gasteiger partial charge in [-0.2, -0.15) is 0 Å². The molecule has 0 saturated carbocycles. The first-order valence-corrected chi connectivity index (χ1v) is 8.62. The van der Waals surface area contributed by atoms with Gasteiger partial charge in [0.05, 0.1) is 18.8 Å². The monoisotopic (exact) mass is 316 g/mol. The predicted molar refractivity (Wildman–Crippen MR) is 98.7 cm³/mol. The largest absolute Gasteiger partial charge is 0.376 e. The van der Waals surface area contributed by atoms with Crippen molar-refractivity contribution in [1.82, 2.24) is 0 Å². The molecule has 0 spiro atoms. The van der Waals surface area contributed by atoms with Gasteiger partial charge in [-0.1, -0.05) is 61.9 Å². The van der Waals surface area contributed by atoms with Crippen LogP contribution in [0, 0.1) is 5.92 Å². The Kier molecular flexibility index (Phi) is 9.58. The molecule has 128 valence electrons. The zero-order chi connectivity index (χ0) is 17.1. The smallest absolute Gasteiger partial charge is 0.0903 e. The summed E-state index contributed by atoms with van der Waals surface area (Å²) in [5.41, 5.74) is 2.32. The summed E-state index contributed by atoms with van der Waals surface area (Å²) in [5, 5.41) is 0. The minimum Gasteiger partial charge on any atom is -0.376 e. The molecular weight excluding hydrogens is 284 g/mol. The van der Waals surface area contributed by atoms with E-state index in [-0.39, 0.29) is 18.1 Å². The van der Waals surface area contributed by atoms with E-state index in [1.54, 1.807) is 0 Å². The van der Waals surface area contributed by atoms with E-state index in [1.807, 2.05) is 19.1 Å². The molecule has 0 N–H and O–H groups in total. The fourth-order valence-corrected chi connectivity index (χ4v) is 2.57.